The maximum absolute atomic E-state index is 9.87. The van der Waals surface area contributed by atoms with Crippen LogP contribution in [0.1, 0.15) is 20.3 Å². The van der Waals surface area contributed by atoms with Crippen LogP contribution in [0.3, 0.4) is 0 Å². The first-order valence-corrected chi connectivity index (χ1v) is 5.58. The lowest BCUT2D eigenvalue weighted by Crippen LogP contribution is -2.48. The number of ether oxygens (including phenoxy) is 2. The van der Waals surface area contributed by atoms with Crippen molar-refractivity contribution in [2.45, 2.75) is 50.5 Å². The number of aliphatic hydroxyl groups is 1. The third-order valence-corrected chi connectivity index (χ3v) is 4.24. The van der Waals surface area contributed by atoms with Crippen LogP contribution in [0, 0.1) is 5.92 Å². The molecule has 0 spiro atoms. The zero-order valence-electron chi connectivity index (χ0n) is 8.38. The van der Waals surface area contributed by atoms with E-state index in [1.807, 2.05) is 18.5 Å². The van der Waals surface area contributed by atoms with Crippen molar-refractivity contribution >= 4 is 9.39 Å². The van der Waals surface area contributed by atoms with Crippen LogP contribution in [0.5, 0.6) is 0 Å². The van der Waals surface area contributed by atoms with Crippen molar-refractivity contribution in [2.24, 2.45) is 5.92 Å². The van der Waals surface area contributed by atoms with Gasteiger partial charge in [0, 0.05) is 12.0 Å². The average molecular weight is 217 g/mol. The minimum absolute atomic E-state index is 0.0850. The van der Waals surface area contributed by atoms with Crippen LogP contribution >= 0.6 is 9.39 Å². The van der Waals surface area contributed by atoms with Gasteiger partial charge < -0.3 is 14.6 Å². The second-order valence-electron chi connectivity index (χ2n) is 4.89. The quantitative estimate of drug-likeness (QED) is 0.593. The molecular weight excluding hydrogens is 201 g/mol. The van der Waals surface area contributed by atoms with E-state index in [2.05, 4.69) is 9.39 Å². The Hall–Kier alpha value is 0.270. The van der Waals surface area contributed by atoms with Gasteiger partial charge in [-0.15, -0.1) is 0 Å². The van der Waals surface area contributed by atoms with Crippen LogP contribution in [0.15, 0.2) is 0 Å². The molecule has 6 unspecified atom stereocenters. The summed E-state index contributed by atoms with van der Waals surface area (Å²) in [5, 5.41) is 9.87. The molecule has 0 aromatic carbocycles. The first kappa shape index (κ1) is 9.49. The number of nitrogens with zero attached hydrogens (tertiary/aromatic N) is 1. The Balaban J connectivity index is 1.89. The minimum atomic E-state index is -0.484. The molecule has 0 aromatic rings. The molecule has 1 saturated carbocycles. The van der Waals surface area contributed by atoms with Gasteiger partial charge in [0.1, 0.15) is 12.3 Å². The second-order valence-corrected chi connectivity index (χ2v) is 5.49. The Bertz CT molecular complexity index is 249. The van der Waals surface area contributed by atoms with E-state index in [1.165, 1.54) is 0 Å². The highest BCUT2D eigenvalue weighted by Gasteiger charge is 2.62. The smallest absolute Gasteiger partial charge is 0.163 e. The number of aliphatic hydroxyl groups excluding tert-OH is 1. The van der Waals surface area contributed by atoms with Crippen molar-refractivity contribution in [1.82, 2.24) is 4.67 Å². The van der Waals surface area contributed by atoms with Crippen molar-refractivity contribution in [1.29, 1.82) is 0 Å². The molecule has 2 heterocycles. The molecule has 4 nitrogen and oxygen atoms in total. The molecule has 1 aliphatic carbocycles. The average Bonchev–Trinajstić information content (AvgIpc) is 2.62. The highest BCUT2D eigenvalue weighted by atomic mass is 31.0. The second kappa shape index (κ2) is 2.69. The molecule has 5 heteroatoms. The van der Waals surface area contributed by atoms with Crippen molar-refractivity contribution in [3.8, 4) is 0 Å². The number of hydrogen-bond donors (Lipinski definition) is 1. The number of fused-ring (bicyclic) bond motifs is 5. The van der Waals surface area contributed by atoms with Gasteiger partial charge >= 0.3 is 0 Å². The van der Waals surface area contributed by atoms with E-state index in [9.17, 15) is 5.11 Å². The lowest BCUT2D eigenvalue weighted by Gasteiger charge is -2.33. The first-order valence-electron chi connectivity index (χ1n) is 5.06. The molecule has 80 valence electrons. The Morgan fingerprint density at radius 1 is 1.36 bits per heavy atom. The van der Waals surface area contributed by atoms with Crippen molar-refractivity contribution in [3.05, 3.63) is 0 Å². The Labute approximate surface area is 85.8 Å². The summed E-state index contributed by atoms with van der Waals surface area (Å²) in [6, 6.07) is 0.298. The zero-order chi connectivity index (χ0) is 10.1. The summed E-state index contributed by atoms with van der Waals surface area (Å²) in [5.41, 5.74) is 0. The number of piperidine rings is 1. The normalized spacial score (nSPS) is 55.3. The van der Waals surface area contributed by atoms with Gasteiger partial charge in [-0.25, -0.2) is 0 Å². The lowest BCUT2D eigenvalue weighted by molar-refractivity contribution is -0.156. The van der Waals surface area contributed by atoms with E-state index >= 15 is 0 Å². The fraction of sp³-hybridized carbons (Fsp3) is 1.00. The molecule has 6 atom stereocenters. The fourth-order valence-electron chi connectivity index (χ4n) is 2.99. The molecule has 2 bridgehead atoms. The Kier molecular flexibility index (Phi) is 1.82. The Morgan fingerprint density at radius 2 is 2.00 bits per heavy atom. The summed E-state index contributed by atoms with van der Waals surface area (Å²) in [6.07, 6.45) is 0.817. The van der Waals surface area contributed by atoms with Gasteiger partial charge in [-0.05, 0) is 20.3 Å². The molecule has 3 aliphatic rings. The lowest BCUT2D eigenvalue weighted by atomic mass is 10.0. The summed E-state index contributed by atoms with van der Waals surface area (Å²) in [6.45, 7) is 3.87. The minimum Gasteiger partial charge on any atom is -0.378 e. The maximum Gasteiger partial charge on any atom is 0.163 e. The monoisotopic (exact) mass is 217 g/mol. The van der Waals surface area contributed by atoms with Crippen LogP contribution < -0.4 is 0 Å². The standard InChI is InChI=1S/C9H16NO3P/c1-9(2)12-6-4-3-5(7(6)13-9)10(14)8(4)11/h4-8,11H,3,14H2,1-2H3. The van der Waals surface area contributed by atoms with Gasteiger partial charge in [-0.1, -0.05) is 9.39 Å². The fourth-order valence-corrected chi connectivity index (χ4v) is 3.51. The summed E-state index contributed by atoms with van der Waals surface area (Å²) in [5.74, 6) is -0.272. The van der Waals surface area contributed by atoms with Crippen LogP contribution in [0.4, 0.5) is 0 Å². The van der Waals surface area contributed by atoms with Crippen molar-refractivity contribution in [2.75, 3.05) is 0 Å². The zero-order valence-corrected chi connectivity index (χ0v) is 9.54. The van der Waals surface area contributed by atoms with Gasteiger partial charge in [-0.3, -0.25) is 4.67 Å². The third-order valence-electron chi connectivity index (χ3n) is 3.55. The van der Waals surface area contributed by atoms with E-state index in [0.29, 0.717) is 6.04 Å². The van der Waals surface area contributed by atoms with Crippen molar-refractivity contribution in [3.63, 3.8) is 0 Å². The van der Waals surface area contributed by atoms with Crippen LogP contribution in [0.2, 0.25) is 0 Å². The molecule has 1 N–H and O–H groups in total. The van der Waals surface area contributed by atoms with E-state index in [-0.39, 0.29) is 24.4 Å². The summed E-state index contributed by atoms with van der Waals surface area (Å²) in [7, 11) is 2.59. The van der Waals surface area contributed by atoms with Gasteiger partial charge in [-0.2, -0.15) is 0 Å². The SMILES string of the molecule is CC1(C)OC2C3CC(C2O1)N(P)C3O. The summed E-state index contributed by atoms with van der Waals surface area (Å²) in [4.78, 5) is 0. The summed E-state index contributed by atoms with van der Waals surface area (Å²) < 4.78 is 13.6. The highest BCUT2D eigenvalue weighted by Crippen LogP contribution is 2.51. The van der Waals surface area contributed by atoms with Crippen LogP contribution in [-0.4, -0.2) is 40.0 Å². The van der Waals surface area contributed by atoms with E-state index in [4.69, 9.17) is 9.47 Å². The molecule has 2 saturated heterocycles. The molecule has 3 fully saturated rings. The number of rotatable bonds is 0. The predicted octanol–water partition coefficient (Wildman–Crippen LogP) is 0.319. The Morgan fingerprint density at radius 3 is 2.71 bits per heavy atom. The van der Waals surface area contributed by atoms with Gasteiger partial charge in [0.25, 0.3) is 0 Å². The van der Waals surface area contributed by atoms with Gasteiger partial charge in [0.15, 0.2) is 5.79 Å². The molecule has 3 rings (SSSR count). The summed E-state index contributed by atoms with van der Waals surface area (Å²) >= 11 is 0. The van der Waals surface area contributed by atoms with Gasteiger partial charge in [0.2, 0.25) is 0 Å². The molecule has 14 heavy (non-hydrogen) atoms. The van der Waals surface area contributed by atoms with Crippen molar-refractivity contribution < 1.29 is 14.6 Å². The molecule has 0 aromatic heterocycles. The van der Waals surface area contributed by atoms with E-state index < -0.39 is 5.79 Å². The predicted molar refractivity (Wildman–Crippen MR) is 53.3 cm³/mol. The van der Waals surface area contributed by atoms with Gasteiger partial charge in [0.05, 0.1) is 6.10 Å². The van der Waals surface area contributed by atoms with E-state index in [0.717, 1.165) is 6.42 Å². The maximum atomic E-state index is 9.87. The van der Waals surface area contributed by atoms with E-state index in [1.54, 1.807) is 0 Å². The molecule has 0 amide bonds. The largest absolute Gasteiger partial charge is 0.378 e. The third kappa shape index (κ3) is 1.06. The molecule has 2 aliphatic heterocycles. The molecular formula is C9H16NO3P. The first-order chi connectivity index (χ1) is 6.49. The topological polar surface area (TPSA) is 41.9 Å². The van der Waals surface area contributed by atoms with Crippen LogP contribution in [-0.2, 0) is 9.47 Å². The van der Waals surface area contributed by atoms with Crippen LogP contribution in [0.25, 0.3) is 0 Å². The number of hydrogen-bond acceptors (Lipinski definition) is 4. The molecule has 0 radical (unpaired) electrons. The highest BCUT2D eigenvalue weighted by molar-refractivity contribution is 7.13.